The van der Waals surface area contributed by atoms with Gasteiger partial charge in [0, 0.05) is 16.5 Å². The van der Waals surface area contributed by atoms with Crippen molar-refractivity contribution in [3.05, 3.63) is 107 Å². The number of hydrogen-bond donors (Lipinski definition) is 2. The van der Waals surface area contributed by atoms with Crippen molar-refractivity contribution in [1.82, 2.24) is 4.98 Å². The molecule has 0 spiro atoms. The Labute approximate surface area is 189 Å². The van der Waals surface area contributed by atoms with Crippen LogP contribution in [-0.4, -0.2) is 16.0 Å². The maximum Gasteiger partial charge on any atom is 0.281 e. The van der Waals surface area contributed by atoms with Crippen LogP contribution in [-0.2, 0) is 4.79 Å². The summed E-state index contributed by atoms with van der Waals surface area (Å²) in [5, 5.41) is 24.0. The summed E-state index contributed by atoms with van der Waals surface area (Å²) in [7, 11) is 0. The second-order valence-electron chi connectivity index (χ2n) is 6.96. The highest BCUT2D eigenvalue weighted by Crippen LogP contribution is 2.26. The summed E-state index contributed by atoms with van der Waals surface area (Å²) in [5.74, 6) is -0.865. The standard InChI is InChI=1S/C25H20N4O2S/c1-17-9-8-14-20(15-17)28-29-22(23(30)19-12-6-3-7-13-19)24(31)27-25-26-21(16-32-25)18-10-4-2-5-11-18/h2-16,30H,1H3,(H,26,27,31)/b23-22-,29-28?. The molecule has 3 aromatic carbocycles. The number of aliphatic hydroxyl groups excluding tert-OH is 1. The molecule has 0 atom stereocenters. The maximum absolute atomic E-state index is 13.0. The van der Waals surface area contributed by atoms with Crippen molar-refractivity contribution in [2.45, 2.75) is 6.92 Å². The smallest absolute Gasteiger partial charge is 0.281 e. The lowest BCUT2D eigenvalue weighted by Gasteiger charge is -2.06. The fourth-order valence-electron chi connectivity index (χ4n) is 2.96. The third kappa shape index (κ3) is 5.14. The monoisotopic (exact) mass is 440 g/mol. The fraction of sp³-hybridized carbons (Fsp3) is 0.0400. The van der Waals surface area contributed by atoms with Gasteiger partial charge in [-0.25, -0.2) is 4.98 Å². The molecular formula is C25H20N4O2S. The molecule has 1 aromatic heterocycles. The fourth-order valence-corrected chi connectivity index (χ4v) is 3.67. The third-order valence-corrected chi connectivity index (χ3v) is 5.31. The Balaban J connectivity index is 1.64. The van der Waals surface area contributed by atoms with Crippen LogP contribution in [0.1, 0.15) is 11.1 Å². The van der Waals surface area contributed by atoms with Crippen LogP contribution in [0.4, 0.5) is 10.8 Å². The largest absolute Gasteiger partial charge is 0.505 e. The van der Waals surface area contributed by atoms with Crippen molar-refractivity contribution >= 4 is 33.8 Å². The highest BCUT2D eigenvalue weighted by atomic mass is 32.1. The SMILES string of the molecule is Cc1cccc(N=N/C(C(=O)Nc2nc(-c3ccccc3)cs2)=C(\O)c2ccccc2)c1. The zero-order valence-electron chi connectivity index (χ0n) is 17.3. The highest BCUT2D eigenvalue weighted by molar-refractivity contribution is 7.14. The molecule has 4 rings (SSSR count). The Morgan fingerprint density at radius 1 is 0.969 bits per heavy atom. The molecule has 32 heavy (non-hydrogen) atoms. The lowest BCUT2D eigenvalue weighted by molar-refractivity contribution is -0.112. The van der Waals surface area contributed by atoms with Gasteiger partial charge in [0.05, 0.1) is 11.4 Å². The van der Waals surface area contributed by atoms with Crippen molar-refractivity contribution in [1.29, 1.82) is 0 Å². The van der Waals surface area contributed by atoms with E-state index in [1.807, 2.05) is 66.9 Å². The third-order valence-electron chi connectivity index (χ3n) is 4.55. The van der Waals surface area contributed by atoms with Crippen molar-refractivity contribution in [2.24, 2.45) is 10.2 Å². The van der Waals surface area contributed by atoms with Crippen LogP contribution in [0.25, 0.3) is 17.0 Å². The van der Waals surface area contributed by atoms with Gasteiger partial charge in [0.2, 0.25) is 0 Å². The zero-order valence-corrected chi connectivity index (χ0v) is 18.1. The molecule has 0 aliphatic carbocycles. The summed E-state index contributed by atoms with van der Waals surface area (Å²) in [6.07, 6.45) is 0. The molecule has 4 aromatic rings. The molecule has 2 N–H and O–H groups in total. The summed E-state index contributed by atoms with van der Waals surface area (Å²) in [6, 6.07) is 25.8. The minimum atomic E-state index is -0.600. The summed E-state index contributed by atoms with van der Waals surface area (Å²) in [4.78, 5) is 17.5. The number of nitrogens with one attached hydrogen (secondary N) is 1. The van der Waals surface area contributed by atoms with E-state index in [0.29, 0.717) is 16.4 Å². The Hall–Kier alpha value is -4.10. The van der Waals surface area contributed by atoms with E-state index in [2.05, 4.69) is 20.5 Å². The molecule has 0 radical (unpaired) electrons. The molecule has 0 unspecified atom stereocenters. The Kier molecular flexibility index (Phi) is 6.48. The first-order valence-corrected chi connectivity index (χ1v) is 10.8. The van der Waals surface area contributed by atoms with Crippen LogP contribution in [0.2, 0.25) is 0 Å². The highest BCUT2D eigenvalue weighted by Gasteiger charge is 2.19. The summed E-state index contributed by atoms with van der Waals surface area (Å²) in [6.45, 7) is 1.94. The molecular weight excluding hydrogens is 420 g/mol. The van der Waals surface area contributed by atoms with Crippen LogP contribution >= 0.6 is 11.3 Å². The molecule has 0 aliphatic rings. The molecule has 158 valence electrons. The Bertz CT molecular complexity index is 1280. The number of thiazole rings is 1. The predicted molar refractivity (Wildman–Crippen MR) is 128 cm³/mol. The molecule has 0 fully saturated rings. The number of carbonyl (C=O) groups is 1. The number of hydrogen-bond acceptors (Lipinski definition) is 6. The van der Waals surface area contributed by atoms with Gasteiger partial charge in [0.1, 0.15) is 0 Å². The lowest BCUT2D eigenvalue weighted by Crippen LogP contribution is -2.14. The second-order valence-corrected chi connectivity index (χ2v) is 7.82. The van der Waals surface area contributed by atoms with E-state index >= 15 is 0 Å². The molecule has 1 heterocycles. The molecule has 0 saturated heterocycles. The number of carbonyl (C=O) groups excluding carboxylic acids is 1. The summed E-state index contributed by atoms with van der Waals surface area (Å²) >= 11 is 1.29. The van der Waals surface area contributed by atoms with E-state index < -0.39 is 5.91 Å². The number of rotatable bonds is 6. The van der Waals surface area contributed by atoms with Crippen LogP contribution < -0.4 is 5.32 Å². The van der Waals surface area contributed by atoms with Gasteiger partial charge in [-0.15, -0.1) is 16.5 Å². The van der Waals surface area contributed by atoms with Gasteiger partial charge in [0.25, 0.3) is 5.91 Å². The van der Waals surface area contributed by atoms with E-state index in [1.165, 1.54) is 11.3 Å². The molecule has 1 amide bonds. The number of aromatic nitrogens is 1. The average molecular weight is 441 g/mol. The Morgan fingerprint density at radius 3 is 2.41 bits per heavy atom. The second kappa shape index (κ2) is 9.80. The van der Waals surface area contributed by atoms with Gasteiger partial charge >= 0.3 is 0 Å². The van der Waals surface area contributed by atoms with E-state index in [4.69, 9.17) is 0 Å². The van der Waals surface area contributed by atoms with Gasteiger partial charge in [-0.1, -0.05) is 72.8 Å². The number of amides is 1. The van der Waals surface area contributed by atoms with Crippen molar-refractivity contribution in [3.63, 3.8) is 0 Å². The summed E-state index contributed by atoms with van der Waals surface area (Å²) in [5.41, 5.74) is 3.56. The topological polar surface area (TPSA) is 86.9 Å². The first-order valence-electron chi connectivity index (χ1n) is 9.89. The number of aryl methyl sites for hydroxylation is 1. The van der Waals surface area contributed by atoms with Crippen LogP contribution in [0, 0.1) is 6.92 Å². The van der Waals surface area contributed by atoms with E-state index in [9.17, 15) is 9.90 Å². The first kappa shape index (κ1) is 21.1. The van der Waals surface area contributed by atoms with Crippen molar-refractivity contribution in [2.75, 3.05) is 5.32 Å². The molecule has 7 heteroatoms. The molecule has 0 saturated carbocycles. The maximum atomic E-state index is 13.0. The van der Waals surface area contributed by atoms with Gasteiger partial charge < -0.3 is 5.11 Å². The van der Waals surface area contributed by atoms with Crippen molar-refractivity contribution < 1.29 is 9.90 Å². The van der Waals surface area contributed by atoms with E-state index in [1.54, 1.807) is 30.3 Å². The van der Waals surface area contributed by atoms with Gasteiger partial charge in [-0.2, -0.15) is 5.11 Å². The van der Waals surface area contributed by atoms with Crippen LogP contribution in [0.5, 0.6) is 0 Å². The van der Waals surface area contributed by atoms with Gasteiger partial charge in [-0.3, -0.25) is 10.1 Å². The minimum absolute atomic E-state index is 0.200. The zero-order chi connectivity index (χ0) is 22.3. The van der Waals surface area contributed by atoms with Gasteiger partial charge in [0.15, 0.2) is 16.6 Å². The molecule has 0 bridgehead atoms. The van der Waals surface area contributed by atoms with Gasteiger partial charge in [-0.05, 0) is 24.6 Å². The van der Waals surface area contributed by atoms with Crippen LogP contribution in [0.3, 0.4) is 0 Å². The molecule has 0 aliphatic heterocycles. The number of aliphatic hydroxyl groups is 1. The number of nitrogens with zero attached hydrogens (tertiary/aromatic N) is 3. The quantitative estimate of drug-likeness (QED) is 0.197. The lowest BCUT2D eigenvalue weighted by atomic mass is 10.1. The first-order chi connectivity index (χ1) is 15.6. The van der Waals surface area contributed by atoms with Crippen molar-refractivity contribution in [3.8, 4) is 11.3 Å². The summed E-state index contributed by atoms with van der Waals surface area (Å²) < 4.78 is 0. The van der Waals surface area contributed by atoms with Crippen LogP contribution in [0.15, 0.2) is 106 Å². The normalized spacial score (nSPS) is 11.9. The number of benzene rings is 3. The Morgan fingerprint density at radius 2 is 1.69 bits per heavy atom. The predicted octanol–water partition coefficient (Wildman–Crippen LogP) is 6.77. The van der Waals surface area contributed by atoms with E-state index in [0.717, 1.165) is 16.8 Å². The number of azo groups is 1. The van der Waals surface area contributed by atoms with E-state index in [-0.39, 0.29) is 11.5 Å². The number of anilines is 1. The minimum Gasteiger partial charge on any atom is -0.505 e. The molecule has 6 nitrogen and oxygen atoms in total. The average Bonchev–Trinajstić information content (AvgIpc) is 3.29.